The van der Waals surface area contributed by atoms with Gasteiger partial charge in [-0.1, -0.05) is 20.8 Å². The van der Waals surface area contributed by atoms with Gasteiger partial charge in [0.2, 0.25) is 9.84 Å². The van der Waals surface area contributed by atoms with Gasteiger partial charge in [0.1, 0.15) is 5.52 Å². The van der Waals surface area contributed by atoms with Gasteiger partial charge in [-0.25, -0.2) is 17.9 Å². The van der Waals surface area contributed by atoms with E-state index in [0.29, 0.717) is 5.52 Å². The van der Waals surface area contributed by atoms with Crippen LogP contribution in [0.15, 0.2) is 23.5 Å². The minimum atomic E-state index is -3.55. The van der Waals surface area contributed by atoms with Gasteiger partial charge in [-0.2, -0.15) is 5.10 Å². The van der Waals surface area contributed by atoms with E-state index >= 15 is 0 Å². The summed E-state index contributed by atoms with van der Waals surface area (Å²) in [5, 5.41) is 3.78. The third kappa shape index (κ3) is 2.54. The van der Waals surface area contributed by atoms with Gasteiger partial charge >= 0.3 is 0 Å². The summed E-state index contributed by atoms with van der Waals surface area (Å²) in [6.07, 6.45) is 3.09. The molecule has 2 aromatic rings. The third-order valence-electron chi connectivity index (χ3n) is 3.14. The van der Waals surface area contributed by atoms with Gasteiger partial charge in [-0.3, -0.25) is 0 Å². The molecular formula is C13H18ClN3O2S. The molecule has 110 valence electrons. The van der Waals surface area contributed by atoms with Crippen molar-refractivity contribution in [2.24, 2.45) is 0 Å². The summed E-state index contributed by atoms with van der Waals surface area (Å²) in [5.41, 5.74) is 1.15. The van der Waals surface area contributed by atoms with Crippen molar-refractivity contribution in [3.05, 3.63) is 24.2 Å². The summed E-state index contributed by atoms with van der Waals surface area (Å²) in [4.78, 5) is 4.04. The van der Waals surface area contributed by atoms with Gasteiger partial charge in [-0.05, 0) is 13.0 Å². The van der Waals surface area contributed by atoms with E-state index in [1.54, 1.807) is 23.7 Å². The summed E-state index contributed by atoms with van der Waals surface area (Å²) < 4.78 is 26.5. The predicted molar refractivity (Wildman–Crippen MR) is 79.1 cm³/mol. The Morgan fingerprint density at radius 3 is 2.60 bits per heavy atom. The fourth-order valence-corrected chi connectivity index (χ4v) is 3.45. The molecule has 0 aliphatic heterocycles. The van der Waals surface area contributed by atoms with Gasteiger partial charge in [0.05, 0.1) is 10.9 Å². The molecule has 0 aliphatic carbocycles. The number of sulfone groups is 1. The molecule has 0 amide bonds. The second-order valence-electron chi connectivity index (χ2n) is 5.85. The lowest BCUT2D eigenvalue weighted by molar-refractivity contribution is 0.562. The van der Waals surface area contributed by atoms with E-state index in [2.05, 4.69) is 10.1 Å². The SMILES string of the molecule is CC(CCl)S(=O)(=O)c1nccn2nc(C(C)(C)C)cc12. The van der Waals surface area contributed by atoms with E-state index < -0.39 is 15.1 Å². The van der Waals surface area contributed by atoms with Crippen LogP contribution in [0.5, 0.6) is 0 Å². The van der Waals surface area contributed by atoms with Crippen molar-refractivity contribution in [1.29, 1.82) is 0 Å². The Kier molecular flexibility index (Phi) is 3.81. The van der Waals surface area contributed by atoms with Crippen molar-refractivity contribution >= 4 is 27.0 Å². The fourth-order valence-electron chi connectivity index (χ4n) is 1.76. The molecular weight excluding hydrogens is 298 g/mol. The maximum Gasteiger partial charge on any atom is 0.201 e. The van der Waals surface area contributed by atoms with Crippen molar-refractivity contribution in [2.75, 3.05) is 5.88 Å². The molecule has 2 rings (SSSR count). The van der Waals surface area contributed by atoms with E-state index in [1.807, 2.05) is 20.8 Å². The Balaban J connectivity index is 2.70. The summed E-state index contributed by atoms with van der Waals surface area (Å²) in [6.45, 7) is 7.65. The molecule has 0 aromatic carbocycles. The summed E-state index contributed by atoms with van der Waals surface area (Å²) in [5.74, 6) is 0.0331. The van der Waals surface area contributed by atoms with Crippen LogP contribution in [0.1, 0.15) is 33.4 Å². The van der Waals surface area contributed by atoms with E-state index in [0.717, 1.165) is 5.69 Å². The molecule has 2 aromatic heterocycles. The highest BCUT2D eigenvalue weighted by atomic mass is 35.5. The summed E-state index contributed by atoms with van der Waals surface area (Å²) in [6, 6.07) is 1.78. The Bertz CT molecular complexity index is 732. The van der Waals surface area contributed by atoms with E-state index in [-0.39, 0.29) is 16.3 Å². The number of aromatic nitrogens is 3. The number of fused-ring (bicyclic) bond motifs is 1. The molecule has 1 atom stereocenters. The lowest BCUT2D eigenvalue weighted by atomic mass is 9.92. The molecule has 2 heterocycles. The standard InChI is InChI=1S/C13H18ClN3O2S/c1-9(8-14)20(18,19)12-10-7-11(13(2,3)4)16-17(10)6-5-15-12/h5-7,9H,8H2,1-4H3. The first-order valence-corrected chi connectivity index (χ1v) is 8.40. The van der Waals surface area contributed by atoms with Crippen LogP contribution in [0.25, 0.3) is 5.52 Å². The van der Waals surface area contributed by atoms with Crippen LogP contribution in [-0.4, -0.2) is 34.1 Å². The van der Waals surface area contributed by atoms with Gasteiger partial charge in [0, 0.05) is 23.7 Å². The number of hydrogen-bond acceptors (Lipinski definition) is 4. The number of alkyl halides is 1. The highest BCUT2D eigenvalue weighted by molar-refractivity contribution is 7.92. The van der Waals surface area contributed by atoms with Crippen LogP contribution in [-0.2, 0) is 15.3 Å². The first-order chi connectivity index (χ1) is 9.17. The molecule has 0 bridgehead atoms. The Morgan fingerprint density at radius 2 is 2.05 bits per heavy atom. The average molecular weight is 316 g/mol. The van der Waals surface area contributed by atoms with Gasteiger partial charge < -0.3 is 0 Å². The fraction of sp³-hybridized carbons (Fsp3) is 0.538. The summed E-state index contributed by atoms with van der Waals surface area (Å²) >= 11 is 5.69. The Hall–Kier alpha value is -1.14. The van der Waals surface area contributed by atoms with Crippen LogP contribution in [0.4, 0.5) is 0 Å². The molecule has 7 heteroatoms. The highest BCUT2D eigenvalue weighted by Gasteiger charge is 2.28. The largest absolute Gasteiger partial charge is 0.241 e. The molecule has 0 N–H and O–H groups in total. The Morgan fingerprint density at radius 1 is 1.40 bits per heavy atom. The van der Waals surface area contributed by atoms with Crippen LogP contribution in [0, 0.1) is 0 Å². The zero-order valence-corrected chi connectivity index (χ0v) is 13.5. The van der Waals surface area contributed by atoms with Gasteiger partial charge in [0.15, 0.2) is 5.03 Å². The minimum Gasteiger partial charge on any atom is -0.241 e. The molecule has 0 spiro atoms. The first kappa shape index (κ1) is 15.3. The zero-order chi connectivity index (χ0) is 15.1. The second kappa shape index (κ2) is 5.00. The van der Waals surface area contributed by atoms with Crippen LogP contribution < -0.4 is 0 Å². The van der Waals surface area contributed by atoms with Gasteiger partial charge in [0.25, 0.3) is 0 Å². The van der Waals surface area contributed by atoms with Gasteiger partial charge in [-0.15, -0.1) is 11.6 Å². The number of nitrogens with zero attached hydrogens (tertiary/aromatic N) is 3. The minimum absolute atomic E-state index is 0.0331. The van der Waals surface area contributed by atoms with Crippen LogP contribution in [0.3, 0.4) is 0 Å². The van der Waals surface area contributed by atoms with Crippen molar-refractivity contribution in [2.45, 2.75) is 43.4 Å². The molecule has 0 fully saturated rings. The molecule has 0 aliphatic rings. The average Bonchev–Trinajstić information content (AvgIpc) is 2.80. The van der Waals surface area contributed by atoms with Crippen molar-refractivity contribution < 1.29 is 8.42 Å². The lowest BCUT2D eigenvalue weighted by Crippen LogP contribution is -2.21. The Labute approximate surface area is 123 Å². The molecule has 5 nitrogen and oxygen atoms in total. The number of halogens is 1. The maximum absolute atomic E-state index is 12.4. The normalized spacial score (nSPS) is 14.7. The van der Waals surface area contributed by atoms with Crippen molar-refractivity contribution in [3.63, 3.8) is 0 Å². The van der Waals surface area contributed by atoms with Crippen molar-refractivity contribution in [3.8, 4) is 0 Å². The molecule has 0 saturated heterocycles. The monoisotopic (exact) mass is 315 g/mol. The predicted octanol–water partition coefficient (Wildman–Crippen LogP) is 2.43. The second-order valence-corrected chi connectivity index (χ2v) is 8.44. The van der Waals surface area contributed by atoms with E-state index in [1.165, 1.54) is 6.20 Å². The van der Waals surface area contributed by atoms with E-state index in [4.69, 9.17) is 11.6 Å². The number of hydrogen-bond donors (Lipinski definition) is 0. The lowest BCUT2D eigenvalue weighted by Gasteiger charge is -2.13. The first-order valence-electron chi connectivity index (χ1n) is 6.32. The molecule has 0 radical (unpaired) electrons. The van der Waals surface area contributed by atoms with E-state index in [9.17, 15) is 8.42 Å². The quantitative estimate of drug-likeness (QED) is 0.816. The topological polar surface area (TPSA) is 64.3 Å². The van der Waals surface area contributed by atoms with Crippen LogP contribution >= 0.6 is 11.6 Å². The molecule has 1 unspecified atom stereocenters. The van der Waals surface area contributed by atoms with Crippen LogP contribution in [0.2, 0.25) is 0 Å². The smallest absolute Gasteiger partial charge is 0.201 e. The zero-order valence-electron chi connectivity index (χ0n) is 12.0. The summed E-state index contributed by atoms with van der Waals surface area (Å²) in [7, 11) is -3.55. The van der Waals surface area contributed by atoms with Crippen molar-refractivity contribution in [1.82, 2.24) is 14.6 Å². The maximum atomic E-state index is 12.4. The number of rotatable bonds is 3. The molecule has 20 heavy (non-hydrogen) atoms. The third-order valence-corrected chi connectivity index (χ3v) is 5.86. The highest BCUT2D eigenvalue weighted by Crippen LogP contribution is 2.26. The molecule has 0 saturated carbocycles.